The zero-order chi connectivity index (χ0) is 14.3. The number of hydrogen-bond donors (Lipinski definition) is 0. The highest BCUT2D eigenvalue weighted by Gasteiger charge is 2.13. The molecule has 100 valence electrons. The molecule has 9 heteroatoms. The van der Waals surface area contributed by atoms with Crippen LogP contribution in [0.2, 0.25) is 10.4 Å². The summed E-state index contributed by atoms with van der Waals surface area (Å²) in [5.74, 6) is 0. The van der Waals surface area contributed by atoms with E-state index in [4.69, 9.17) is 23.2 Å². The molecule has 0 aliphatic rings. The summed E-state index contributed by atoms with van der Waals surface area (Å²) in [6, 6.07) is 5.89. The molecule has 0 aliphatic carbocycles. The van der Waals surface area contributed by atoms with Crippen LogP contribution >= 0.6 is 23.2 Å². The average molecular weight is 310 g/mol. The van der Waals surface area contributed by atoms with Gasteiger partial charge in [0.15, 0.2) is 5.65 Å². The first-order chi connectivity index (χ1) is 9.56. The molecular weight excluding hydrogens is 305 g/mol. The highest BCUT2D eigenvalue weighted by atomic mass is 35.5. The molecule has 7 nitrogen and oxygen atoms in total. The fourth-order valence-corrected chi connectivity index (χ4v) is 2.17. The van der Waals surface area contributed by atoms with Crippen LogP contribution in [-0.2, 0) is 0 Å². The molecule has 0 unspecified atom stereocenters. The third-order valence-corrected chi connectivity index (χ3v) is 3.12. The highest BCUT2D eigenvalue weighted by Crippen LogP contribution is 2.24. The zero-order valence-corrected chi connectivity index (χ0v) is 11.2. The zero-order valence-electron chi connectivity index (χ0n) is 9.70. The summed E-state index contributed by atoms with van der Waals surface area (Å²) >= 11 is 11.7. The SMILES string of the molecule is O=[N+]([O-])c1ccc(-n2ncc3c(Cl)nc(Cl)nc32)cc1. The Balaban J connectivity index is 2.17. The van der Waals surface area contributed by atoms with Crippen molar-refractivity contribution in [1.82, 2.24) is 19.7 Å². The number of rotatable bonds is 2. The van der Waals surface area contributed by atoms with Crippen molar-refractivity contribution in [2.24, 2.45) is 0 Å². The minimum atomic E-state index is -0.471. The first kappa shape index (κ1) is 12.8. The van der Waals surface area contributed by atoms with Crippen molar-refractivity contribution in [3.05, 3.63) is 51.0 Å². The molecule has 0 aliphatic heterocycles. The highest BCUT2D eigenvalue weighted by molar-refractivity contribution is 6.35. The van der Waals surface area contributed by atoms with Gasteiger partial charge in [-0.1, -0.05) is 11.6 Å². The summed E-state index contributed by atoms with van der Waals surface area (Å²) in [6.07, 6.45) is 1.51. The number of nitro groups is 1. The van der Waals surface area contributed by atoms with Crippen LogP contribution in [0.1, 0.15) is 0 Å². The third-order valence-electron chi connectivity index (χ3n) is 2.66. The van der Waals surface area contributed by atoms with Gasteiger partial charge in [-0.3, -0.25) is 10.1 Å². The number of nitro benzene ring substituents is 1. The maximum atomic E-state index is 10.6. The fourth-order valence-electron chi connectivity index (χ4n) is 1.75. The normalized spacial score (nSPS) is 10.9. The van der Waals surface area contributed by atoms with Gasteiger partial charge in [-0.05, 0) is 23.7 Å². The molecule has 0 N–H and O–H groups in total. The van der Waals surface area contributed by atoms with E-state index in [1.165, 1.54) is 23.0 Å². The van der Waals surface area contributed by atoms with Gasteiger partial charge in [-0.15, -0.1) is 0 Å². The first-order valence-electron chi connectivity index (χ1n) is 5.38. The van der Waals surface area contributed by atoms with Crippen LogP contribution in [0.4, 0.5) is 5.69 Å². The molecule has 2 heterocycles. The lowest BCUT2D eigenvalue weighted by molar-refractivity contribution is -0.384. The van der Waals surface area contributed by atoms with Crippen LogP contribution in [0.25, 0.3) is 16.7 Å². The molecule has 0 bridgehead atoms. The second-order valence-electron chi connectivity index (χ2n) is 3.85. The van der Waals surface area contributed by atoms with Gasteiger partial charge < -0.3 is 0 Å². The van der Waals surface area contributed by atoms with Gasteiger partial charge in [-0.25, -0.2) is 9.67 Å². The first-order valence-corrected chi connectivity index (χ1v) is 6.13. The Bertz CT molecular complexity index is 816. The number of fused-ring (bicyclic) bond motifs is 1. The van der Waals surface area contributed by atoms with Crippen LogP contribution in [0.5, 0.6) is 0 Å². The van der Waals surface area contributed by atoms with Gasteiger partial charge in [0.1, 0.15) is 5.15 Å². The Morgan fingerprint density at radius 1 is 1.15 bits per heavy atom. The molecule has 0 fully saturated rings. The maximum Gasteiger partial charge on any atom is 0.269 e. The molecule has 20 heavy (non-hydrogen) atoms. The number of halogens is 2. The lowest BCUT2D eigenvalue weighted by Gasteiger charge is -2.02. The van der Waals surface area contributed by atoms with Crippen LogP contribution < -0.4 is 0 Å². The van der Waals surface area contributed by atoms with Crippen LogP contribution in [0.3, 0.4) is 0 Å². The van der Waals surface area contributed by atoms with E-state index in [1.807, 2.05) is 0 Å². The molecule has 0 saturated carbocycles. The topological polar surface area (TPSA) is 86.7 Å². The van der Waals surface area contributed by atoms with Gasteiger partial charge in [0.2, 0.25) is 5.28 Å². The summed E-state index contributed by atoms with van der Waals surface area (Å²) in [4.78, 5) is 18.0. The Labute approximate surface area is 121 Å². The number of nitrogens with zero attached hydrogens (tertiary/aromatic N) is 5. The maximum absolute atomic E-state index is 10.6. The van der Waals surface area contributed by atoms with Gasteiger partial charge >= 0.3 is 0 Å². The fraction of sp³-hybridized carbons (Fsp3) is 0. The van der Waals surface area contributed by atoms with Crippen LogP contribution in [0, 0.1) is 10.1 Å². The van der Waals surface area contributed by atoms with E-state index in [1.54, 1.807) is 12.1 Å². The van der Waals surface area contributed by atoms with Crippen molar-refractivity contribution in [2.45, 2.75) is 0 Å². The van der Waals surface area contributed by atoms with Crippen LogP contribution in [0.15, 0.2) is 30.5 Å². The summed E-state index contributed by atoms with van der Waals surface area (Å²) in [6.45, 7) is 0. The van der Waals surface area contributed by atoms with E-state index < -0.39 is 4.92 Å². The van der Waals surface area contributed by atoms with Gasteiger partial charge in [-0.2, -0.15) is 10.1 Å². The number of aromatic nitrogens is 4. The largest absolute Gasteiger partial charge is 0.269 e. The number of hydrogen-bond acceptors (Lipinski definition) is 5. The van der Waals surface area contributed by atoms with Crippen molar-refractivity contribution in [2.75, 3.05) is 0 Å². The standard InChI is InChI=1S/C11H5Cl2N5O2/c12-9-8-5-14-17(10(8)16-11(13)15-9)6-1-3-7(4-2-6)18(19)20/h1-5H. The second-order valence-corrected chi connectivity index (χ2v) is 4.55. The van der Waals surface area contributed by atoms with Crippen molar-refractivity contribution in [3.63, 3.8) is 0 Å². The van der Waals surface area contributed by atoms with Crippen molar-refractivity contribution >= 4 is 39.9 Å². The minimum absolute atomic E-state index is 0.00379. The predicted molar refractivity (Wildman–Crippen MR) is 73.3 cm³/mol. The molecule has 3 aromatic rings. The molecule has 0 atom stereocenters. The Morgan fingerprint density at radius 3 is 2.50 bits per heavy atom. The van der Waals surface area contributed by atoms with E-state index in [2.05, 4.69) is 15.1 Å². The Kier molecular flexibility index (Phi) is 3.00. The minimum Gasteiger partial charge on any atom is -0.258 e. The van der Waals surface area contributed by atoms with Crippen molar-refractivity contribution in [3.8, 4) is 5.69 Å². The molecule has 0 radical (unpaired) electrons. The van der Waals surface area contributed by atoms with Gasteiger partial charge in [0.05, 0.1) is 22.2 Å². The summed E-state index contributed by atoms with van der Waals surface area (Å²) in [5, 5.41) is 15.5. The summed E-state index contributed by atoms with van der Waals surface area (Å²) in [5.41, 5.74) is 1.04. The van der Waals surface area contributed by atoms with E-state index >= 15 is 0 Å². The van der Waals surface area contributed by atoms with Crippen molar-refractivity contribution in [1.29, 1.82) is 0 Å². The molecule has 1 aromatic carbocycles. The van der Waals surface area contributed by atoms with E-state index in [0.29, 0.717) is 16.7 Å². The van der Waals surface area contributed by atoms with Crippen molar-refractivity contribution < 1.29 is 4.92 Å². The van der Waals surface area contributed by atoms with E-state index in [0.717, 1.165) is 0 Å². The second kappa shape index (κ2) is 4.69. The summed E-state index contributed by atoms with van der Waals surface area (Å²) < 4.78 is 1.48. The van der Waals surface area contributed by atoms with E-state index in [-0.39, 0.29) is 16.1 Å². The smallest absolute Gasteiger partial charge is 0.258 e. The predicted octanol–water partition coefficient (Wildman–Crippen LogP) is 3.03. The quantitative estimate of drug-likeness (QED) is 0.314. The molecule has 0 saturated heterocycles. The monoisotopic (exact) mass is 309 g/mol. The molecular formula is C11H5Cl2N5O2. The number of non-ortho nitro benzene ring substituents is 1. The van der Waals surface area contributed by atoms with E-state index in [9.17, 15) is 10.1 Å². The summed E-state index contributed by atoms with van der Waals surface area (Å²) in [7, 11) is 0. The molecule has 2 aromatic heterocycles. The Hall–Kier alpha value is -2.25. The molecule has 3 rings (SSSR count). The lowest BCUT2D eigenvalue weighted by atomic mass is 10.3. The lowest BCUT2D eigenvalue weighted by Crippen LogP contribution is -1.98. The molecule has 0 amide bonds. The van der Waals surface area contributed by atoms with Crippen LogP contribution in [-0.4, -0.2) is 24.7 Å². The number of benzene rings is 1. The van der Waals surface area contributed by atoms with Gasteiger partial charge in [0, 0.05) is 12.1 Å². The molecule has 0 spiro atoms. The Morgan fingerprint density at radius 2 is 1.85 bits per heavy atom. The average Bonchev–Trinajstić information content (AvgIpc) is 2.82. The third kappa shape index (κ3) is 2.06. The van der Waals surface area contributed by atoms with Gasteiger partial charge in [0.25, 0.3) is 5.69 Å².